The molecule has 0 spiro atoms. The molecule has 1 aromatic carbocycles. The van der Waals surface area contributed by atoms with Gasteiger partial charge in [-0.3, -0.25) is 9.59 Å². The van der Waals surface area contributed by atoms with E-state index in [9.17, 15) is 14.0 Å². The normalized spacial score (nSPS) is 14.5. The summed E-state index contributed by atoms with van der Waals surface area (Å²) in [6.07, 6.45) is 0. The molecule has 0 unspecified atom stereocenters. The van der Waals surface area contributed by atoms with Crippen LogP contribution in [-0.4, -0.2) is 38.0 Å². The van der Waals surface area contributed by atoms with Crippen molar-refractivity contribution in [1.82, 2.24) is 16.0 Å². The van der Waals surface area contributed by atoms with Crippen LogP contribution in [0, 0.1) is 18.7 Å². The summed E-state index contributed by atoms with van der Waals surface area (Å²) in [5.74, 6) is -0.705. The van der Waals surface area contributed by atoms with Crippen LogP contribution in [0.4, 0.5) is 4.39 Å². The van der Waals surface area contributed by atoms with Gasteiger partial charge >= 0.3 is 0 Å². The molecule has 1 aliphatic rings. The first-order valence-corrected chi connectivity index (χ1v) is 6.60. The first kappa shape index (κ1) is 14.5. The number of hydrogen-bond acceptors (Lipinski definition) is 3. The fourth-order valence-corrected chi connectivity index (χ4v) is 1.82. The molecule has 2 amide bonds. The second-order valence-corrected chi connectivity index (χ2v) is 4.87. The molecule has 3 N–H and O–H groups in total. The summed E-state index contributed by atoms with van der Waals surface area (Å²) in [5, 5.41) is 8.40. The van der Waals surface area contributed by atoms with Crippen LogP contribution in [0.15, 0.2) is 18.2 Å². The molecule has 20 heavy (non-hydrogen) atoms. The van der Waals surface area contributed by atoms with Gasteiger partial charge < -0.3 is 16.0 Å². The Morgan fingerprint density at radius 1 is 1.30 bits per heavy atom. The van der Waals surface area contributed by atoms with E-state index in [1.807, 2.05) is 0 Å². The van der Waals surface area contributed by atoms with Crippen LogP contribution in [0.3, 0.4) is 0 Å². The summed E-state index contributed by atoms with van der Waals surface area (Å²) in [5.41, 5.74) is 0.783. The highest BCUT2D eigenvalue weighted by Gasteiger charge is 2.24. The van der Waals surface area contributed by atoms with Gasteiger partial charge in [0.15, 0.2) is 0 Å². The molecule has 0 bridgehead atoms. The molecule has 1 fully saturated rings. The van der Waals surface area contributed by atoms with E-state index in [1.165, 1.54) is 6.07 Å². The van der Waals surface area contributed by atoms with Crippen molar-refractivity contribution in [2.75, 3.05) is 26.2 Å². The van der Waals surface area contributed by atoms with Crippen LogP contribution >= 0.6 is 0 Å². The number of halogens is 1. The van der Waals surface area contributed by atoms with E-state index in [0.717, 1.165) is 0 Å². The molecular weight excluding hydrogens is 261 g/mol. The molecule has 2 rings (SSSR count). The number of amides is 2. The standard InChI is InChI=1S/C14H18FN3O2/c1-9-2-3-10(6-12(9)15)13(19)17-4-5-18-14(20)11-7-16-8-11/h2-3,6,11,16H,4-5,7-8H2,1H3,(H,17,19)(H,18,20). The third kappa shape index (κ3) is 3.54. The van der Waals surface area contributed by atoms with Gasteiger partial charge in [0, 0.05) is 31.7 Å². The fraction of sp³-hybridized carbons (Fsp3) is 0.429. The SMILES string of the molecule is Cc1ccc(C(=O)NCCNC(=O)C2CNC2)cc1F. The van der Waals surface area contributed by atoms with Gasteiger partial charge in [-0.05, 0) is 24.6 Å². The third-order valence-corrected chi connectivity index (χ3v) is 3.30. The maximum absolute atomic E-state index is 13.3. The number of carbonyl (C=O) groups excluding carboxylic acids is 2. The Labute approximate surface area is 116 Å². The minimum absolute atomic E-state index is 0.000575. The highest BCUT2D eigenvalue weighted by molar-refractivity contribution is 5.94. The van der Waals surface area contributed by atoms with Crippen LogP contribution < -0.4 is 16.0 Å². The van der Waals surface area contributed by atoms with E-state index < -0.39 is 5.82 Å². The van der Waals surface area contributed by atoms with E-state index in [4.69, 9.17) is 0 Å². The zero-order valence-corrected chi connectivity index (χ0v) is 11.3. The molecule has 1 saturated heterocycles. The van der Waals surface area contributed by atoms with Gasteiger partial charge in [0.25, 0.3) is 5.91 Å². The highest BCUT2D eigenvalue weighted by atomic mass is 19.1. The van der Waals surface area contributed by atoms with Gasteiger partial charge in [-0.1, -0.05) is 6.07 Å². The molecule has 1 aliphatic heterocycles. The Kier molecular flexibility index (Phi) is 4.68. The Balaban J connectivity index is 1.71. The van der Waals surface area contributed by atoms with Gasteiger partial charge in [0.2, 0.25) is 5.91 Å². The molecule has 6 heteroatoms. The Hall–Kier alpha value is -1.95. The lowest BCUT2D eigenvalue weighted by Crippen LogP contribution is -2.51. The van der Waals surface area contributed by atoms with Gasteiger partial charge in [-0.15, -0.1) is 0 Å². The zero-order chi connectivity index (χ0) is 14.5. The maximum Gasteiger partial charge on any atom is 0.251 e. The monoisotopic (exact) mass is 279 g/mol. The molecule has 108 valence electrons. The number of rotatable bonds is 5. The van der Waals surface area contributed by atoms with Crippen molar-refractivity contribution in [3.63, 3.8) is 0 Å². The van der Waals surface area contributed by atoms with E-state index in [0.29, 0.717) is 31.7 Å². The average molecular weight is 279 g/mol. The van der Waals surface area contributed by atoms with E-state index >= 15 is 0 Å². The predicted molar refractivity (Wildman–Crippen MR) is 72.8 cm³/mol. The molecule has 1 aromatic rings. The van der Waals surface area contributed by atoms with Crippen molar-refractivity contribution in [2.24, 2.45) is 5.92 Å². The summed E-state index contributed by atoms with van der Waals surface area (Å²) in [6.45, 7) is 3.75. The van der Waals surface area contributed by atoms with E-state index in [-0.39, 0.29) is 23.3 Å². The quantitative estimate of drug-likeness (QED) is 0.674. The van der Waals surface area contributed by atoms with Crippen molar-refractivity contribution in [3.8, 4) is 0 Å². The number of benzene rings is 1. The Morgan fingerprint density at radius 2 is 2.00 bits per heavy atom. The second kappa shape index (κ2) is 6.47. The Morgan fingerprint density at radius 3 is 2.60 bits per heavy atom. The van der Waals surface area contributed by atoms with Gasteiger partial charge in [0.05, 0.1) is 5.92 Å². The molecule has 0 radical (unpaired) electrons. The lowest BCUT2D eigenvalue weighted by Gasteiger charge is -2.25. The molecule has 1 heterocycles. The van der Waals surface area contributed by atoms with Crippen LogP contribution in [0.1, 0.15) is 15.9 Å². The first-order valence-electron chi connectivity index (χ1n) is 6.60. The van der Waals surface area contributed by atoms with Gasteiger partial charge in [-0.2, -0.15) is 0 Å². The summed E-state index contributed by atoms with van der Waals surface area (Å²) in [7, 11) is 0. The van der Waals surface area contributed by atoms with Crippen LogP contribution in [0.2, 0.25) is 0 Å². The summed E-state index contributed by atoms with van der Waals surface area (Å²) in [4.78, 5) is 23.3. The number of nitrogens with one attached hydrogen (secondary N) is 3. The minimum Gasteiger partial charge on any atom is -0.354 e. The maximum atomic E-state index is 13.3. The van der Waals surface area contributed by atoms with Crippen LogP contribution in [0.25, 0.3) is 0 Å². The van der Waals surface area contributed by atoms with E-state index in [1.54, 1.807) is 19.1 Å². The molecular formula is C14H18FN3O2. The van der Waals surface area contributed by atoms with Gasteiger partial charge in [0.1, 0.15) is 5.82 Å². The Bertz CT molecular complexity index is 515. The summed E-state index contributed by atoms with van der Waals surface area (Å²) in [6, 6.07) is 4.35. The first-order chi connectivity index (χ1) is 9.58. The van der Waals surface area contributed by atoms with Crippen LogP contribution in [0.5, 0.6) is 0 Å². The lowest BCUT2D eigenvalue weighted by molar-refractivity contribution is -0.126. The summed E-state index contributed by atoms with van der Waals surface area (Å²) < 4.78 is 13.3. The number of hydrogen-bond donors (Lipinski definition) is 3. The van der Waals surface area contributed by atoms with Crippen molar-refractivity contribution in [3.05, 3.63) is 35.1 Å². The largest absolute Gasteiger partial charge is 0.354 e. The van der Waals surface area contributed by atoms with Crippen molar-refractivity contribution < 1.29 is 14.0 Å². The number of carbonyl (C=O) groups is 2. The predicted octanol–water partition coefficient (Wildman–Crippen LogP) is 0.200. The van der Waals surface area contributed by atoms with Gasteiger partial charge in [-0.25, -0.2) is 4.39 Å². The van der Waals surface area contributed by atoms with Crippen LogP contribution in [-0.2, 0) is 4.79 Å². The highest BCUT2D eigenvalue weighted by Crippen LogP contribution is 2.08. The van der Waals surface area contributed by atoms with Crippen molar-refractivity contribution in [2.45, 2.75) is 6.92 Å². The third-order valence-electron chi connectivity index (χ3n) is 3.30. The molecule has 5 nitrogen and oxygen atoms in total. The topological polar surface area (TPSA) is 70.2 Å². The number of aryl methyl sites for hydroxylation is 1. The minimum atomic E-state index is -0.400. The molecule has 0 atom stereocenters. The molecule has 0 saturated carbocycles. The average Bonchev–Trinajstić information content (AvgIpc) is 2.35. The van der Waals surface area contributed by atoms with Crippen molar-refractivity contribution >= 4 is 11.8 Å². The second-order valence-electron chi connectivity index (χ2n) is 4.87. The fourth-order valence-electron chi connectivity index (χ4n) is 1.82. The zero-order valence-electron chi connectivity index (χ0n) is 11.3. The van der Waals surface area contributed by atoms with Crippen molar-refractivity contribution in [1.29, 1.82) is 0 Å². The molecule has 0 aliphatic carbocycles. The van der Waals surface area contributed by atoms with E-state index in [2.05, 4.69) is 16.0 Å². The summed E-state index contributed by atoms with van der Waals surface area (Å²) >= 11 is 0. The lowest BCUT2D eigenvalue weighted by atomic mass is 10.0. The molecule has 0 aromatic heterocycles. The smallest absolute Gasteiger partial charge is 0.251 e.